The van der Waals surface area contributed by atoms with Crippen molar-refractivity contribution in [3.8, 4) is 11.5 Å². The summed E-state index contributed by atoms with van der Waals surface area (Å²) in [6.07, 6.45) is 2.87. The zero-order chi connectivity index (χ0) is 28.8. The Hall–Kier alpha value is -4.75. The molecule has 9 heteroatoms. The summed E-state index contributed by atoms with van der Waals surface area (Å²) in [5, 5.41) is 40.2. The molecule has 0 fully saturated rings. The molecule has 1 unspecified atom stereocenters. The second-order valence-corrected chi connectivity index (χ2v) is 9.34. The van der Waals surface area contributed by atoms with Gasteiger partial charge in [-0.05, 0) is 60.4 Å². The topological polar surface area (TPSA) is 140 Å². The Labute approximate surface area is 247 Å². The Bertz CT molecular complexity index is 1480. The first-order valence-electron chi connectivity index (χ1n) is 12.5. The summed E-state index contributed by atoms with van der Waals surface area (Å²) in [5.41, 5.74) is 2.95. The number of carboxylic acid groups (broad SMARTS) is 2. The van der Waals surface area contributed by atoms with Gasteiger partial charge >= 0.3 is 11.9 Å². The second-order valence-electron chi connectivity index (χ2n) is 9.34. The summed E-state index contributed by atoms with van der Waals surface area (Å²) >= 11 is 0. The number of phenols is 2. The molecule has 0 amide bonds. The maximum atomic E-state index is 11.6. The number of phenolic OH excluding ortho intramolecular Hbond substituents is 2. The number of aliphatic imine (C=N–C) groups is 2. The van der Waals surface area contributed by atoms with Gasteiger partial charge in [0.05, 0.1) is 11.1 Å². The maximum Gasteiger partial charge on any atom is 0.335 e. The van der Waals surface area contributed by atoms with Crippen LogP contribution in [0.25, 0.3) is 0 Å². The van der Waals surface area contributed by atoms with Crippen molar-refractivity contribution in [1.29, 1.82) is 0 Å². The Morgan fingerprint density at radius 1 is 0.634 bits per heavy atom. The van der Waals surface area contributed by atoms with E-state index in [0.29, 0.717) is 11.1 Å². The van der Waals surface area contributed by atoms with Crippen LogP contribution in [0.3, 0.4) is 0 Å². The maximum absolute atomic E-state index is 11.6. The van der Waals surface area contributed by atoms with E-state index >= 15 is 0 Å². The number of benzene rings is 4. The fourth-order valence-corrected chi connectivity index (χ4v) is 4.38. The van der Waals surface area contributed by atoms with Crippen molar-refractivity contribution >= 4 is 24.4 Å². The number of carbonyl (C=O) groups is 2. The van der Waals surface area contributed by atoms with Crippen LogP contribution < -0.4 is 0 Å². The van der Waals surface area contributed by atoms with E-state index in [2.05, 4.69) is 0 Å². The minimum atomic E-state index is -1.12. The quantitative estimate of drug-likeness (QED) is 0.136. The standard InChI is InChI=1S/C32H28N2O6.Ni/c1-19-13-23(31(37)38)15-25(29(19)35)17-33-27(21-9-5-3-6-10-21)28(22-11-7-4-8-12-22)34-18-26-16-24(32(39)40)14-20(2)30(26)36;/h3-18,27-28,35-36H,1-2H3,(H,37,38)(H,39,40);/t27-,28?;/m1./s1. The third kappa shape index (κ3) is 7.26. The van der Waals surface area contributed by atoms with Crippen LogP contribution >= 0.6 is 0 Å². The molecule has 4 aromatic carbocycles. The largest absolute Gasteiger partial charge is 0.507 e. The first kappa shape index (κ1) is 30.8. The van der Waals surface area contributed by atoms with Crippen molar-refractivity contribution in [2.24, 2.45) is 9.98 Å². The van der Waals surface area contributed by atoms with Crippen LogP contribution in [0, 0.1) is 13.8 Å². The smallest absolute Gasteiger partial charge is 0.335 e. The molecule has 2 atom stereocenters. The van der Waals surface area contributed by atoms with E-state index in [-0.39, 0.29) is 50.2 Å². The van der Waals surface area contributed by atoms with Crippen molar-refractivity contribution in [1.82, 2.24) is 0 Å². The third-order valence-electron chi connectivity index (χ3n) is 6.48. The Balaban J connectivity index is 0.00000462. The molecule has 0 radical (unpaired) electrons. The van der Waals surface area contributed by atoms with Crippen LogP contribution in [0.5, 0.6) is 11.5 Å². The summed E-state index contributed by atoms with van der Waals surface area (Å²) in [7, 11) is 0. The van der Waals surface area contributed by atoms with Crippen molar-refractivity contribution in [3.05, 3.63) is 129 Å². The fraction of sp³-hybridized carbons (Fsp3) is 0.125. The van der Waals surface area contributed by atoms with Crippen LogP contribution in [-0.2, 0) is 16.5 Å². The molecule has 212 valence electrons. The van der Waals surface area contributed by atoms with Gasteiger partial charge in [-0.1, -0.05) is 60.7 Å². The van der Waals surface area contributed by atoms with E-state index in [4.69, 9.17) is 9.98 Å². The molecule has 0 heterocycles. The summed E-state index contributed by atoms with van der Waals surface area (Å²) in [6, 6.07) is 23.0. The van der Waals surface area contributed by atoms with E-state index in [1.807, 2.05) is 60.7 Å². The predicted octanol–water partition coefficient (Wildman–Crippen LogP) is 6.13. The molecule has 4 rings (SSSR count). The van der Waals surface area contributed by atoms with E-state index in [0.717, 1.165) is 11.1 Å². The SMILES string of the molecule is Cc1cc(C(=O)O)cc(C=NC(c2ccccc2)[C@H](N=Cc2cc(C(=O)O)cc(C)c2O)c2ccccc2)c1O.[Ni]. The minimum Gasteiger partial charge on any atom is -0.507 e. The average Bonchev–Trinajstić information content (AvgIpc) is 2.95. The number of rotatable bonds is 9. The molecule has 41 heavy (non-hydrogen) atoms. The van der Waals surface area contributed by atoms with Crippen LogP contribution in [-0.4, -0.2) is 44.8 Å². The van der Waals surface area contributed by atoms with Gasteiger partial charge in [0.1, 0.15) is 23.6 Å². The Morgan fingerprint density at radius 2 is 0.976 bits per heavy atom. The molecule has 0 aromatic heterocycles. The van der Waals surface area contributed by atoms with E-state index < -0.39 is 24.0 Å². The molecule has 0 saturated heterocycles. The number of nitrogens with zero attached hydrogens (tertiary/aromatic N) is 2. The first-order chi connectivity index (χ1) is 19.2. The number of hydrogen-bond acceptors (Lipinski definition) is 6. The van der Waals surface area contributed by atoms with Gasteiger partial charge in [-0.25, -0.2) is 9.59 Å². The molecule has 0 spiro atoms. The molecule has 0 saturated carbocycles. The normalized spacial score (nSPS) is 12.6. The molecule has 0 aliphatic heterocycles. The third-order valence-corrected chi connectivity index (χ3v) is 6.48. The van der Waals surface area contributed by atoms with Gasteiger partial charge in [-0.3, -0.25) is 9.98 Å². The summed E-state index contributed by atoms with van der Waals surface area (Å²) in [4.78, 5) is 32.8. The molecule has 0 aliphatic rings. The van der Waals surface area contributed by atoms with Crippen molar-refractivity contribution in [2.45, 2.75) is 25.9 Å². The van der Waals surface area contributed by atoms with Gasteiger partial charge in [-0.2, -0.15) is 0 Å². The summed E-state index contributed by atoms with van der Waals surface area (Å²) in [5.74, 6) is -2.40. The van der Waals surface area contributed by atoms with Gasteiger partial charge in [-0.15, -0.1) is 0 Å². The van der Waals surface area contributed by atoms with Gasteiger partial charge in [0.25, 0.3) is 0 Å². The number of hydrogen-bond donors (Lipinski definition) is 4. The van der Waals surface area contributed by atoms with Crippen LogP contribution in [0.15, 0.2) is 94.9 Å². The van der Waals surface area contributed by atoms with Crippen LogP contribution in [0.1, 0.15) is 66.2 Å². The number of aromatic carboxylic acids is 2. The predicted molar refractivity (Wildman–Crippen MR) is 153 cm³/mol. The summed E-state index contributed by atoms with van der Waals surface area (Å²) < 4.78 is 0. The Morgan fingerprint density at radius 3 is 1.29 bits per heavy atom. The van der Waals surface area contributed by atoms with Gasteiger partial charge in [0.15, 0.2) is 0 Å². The number of aromatic hydroxyl groups is 2. The fourth-order valence-electron chi connectivity index (χ4n) is 4.38. The second kappa shape index (κ2) is 13.5. The van der Waals surface area contributed by atoms with Crippen molar-refractivity contribution < 1.29 is 46.5 Å². The van der Waals surface area contributed by atoms with Crippen molar-refractivity contribution in [2.75, 3.05) is 0 Å². The van der Waals surface area contributed by atoms with Gasteiger partial charge in [0.2, 0.25) is 0 Å². The number of aryl methyl sites for hydroxylation is 2. The molecule has 0 bridgehead atoms. The van der Waals surface area contributed by atoms with Crippen LogP contribution in [0.2, 0.25) is 0 Å². The van der Waals surface area contributed by atoms with Gasteiger partial charge < -0.3 is 20.4 Å². The minimum absolute atomic E-state index is 0. The molecular weight excluding hydrogens is 567 g/mol. The molecular formula is C32H28N2NiO6. The molecule has 4 aromatic rings. The molecule has 4 N–H and O–H groups in total. The van der Waals surface area contributed by atoms with Crippen LogP contribution in [0.4, 0.5) is 0 Å². The van der Waals surface area contributed by atoms with E-state index in [1.54, 1.807) is 13.8 Å². The Kier molecular flexibility index (Phi) is 10.2. The zero-order valence-corrected chi connectivity index (χ0v) is 23.2. The zero-order valence-electron chi connectivity index (χ0n) is 22.2. The molecule has 0 aliphatic carbocycles. The molecule has 8 nitrogen and oxygen atoms in total. The van der Waals surface area contributed by atoms with E-state index in [1.165, 1.54) is 36.7 Å². The first-order valence-corrected chi connectivity index (χ1v) is 12.5. The monoisotopic (exact) mass is 594 g/mol. The van der Waals surface area contributed by atoms with Gasteiger partial charge in [0, 0.05) is 40.0 Å². The average molecular weight is 595 g/mol. The summed E-state index contributed by atoms with van der Waals surface area (Å²) in [6.45, 7) is 3.23. The van der Waals surface area contributed by atoms with Crippen molar-refractivity contribution in [3.63, 3.8) is 0 Å². The number of carboxylic acids is 2. The van der Waals surface area contributed by atoms with E-state index in [9.17, 15) is 30.0 Å².